The molecule has 1 saturated heterocycles. The van der Waals surface area contributed by atoms with Crippen molar-refractivity contribution in [3.05, 3.63) is 46.2 Å². The zero-order chi connectivity index (χ0) is 18.0. The molecule has 25 heavy (non-hydrogen) atoms. The molecule has 1 aliphatic rings. The second kappa shape index (κ2) is 7.09. The van der Waals surface area contributed by atoms with E-state index in [1.165, 1.54) is 6.07 Å². The molecule has 2 atom stereocenters. The van der Waals surface area contributed by atoms with Crippen LogP contribution < -0.4 is 5.56 Å². The highest BCUT2D eigenvalue weighted by Crippen LogP contribution is 2.22. The Bertz CT molecular complexity index is 848. The van der Waals surface area contributed by atoms with Crippen LogP contribution in [0.5, 0.6) is 0 Å². The predicted molar refractivity (Wildman–Crippen MR) is 94.5 cm³/mol. The minimum absolute atomic E-state index is 0.148. The molecule has 6 heteroatoms. The average Bonchev–Trinajstić information content (AvgIpc) is 2.58. The lowest BCUT2D eigenvalue weighted by molar-refractivity contribution is -0.140. The van der Waals surface area contributed by atoms with Gasteiger partial charge in [0, 0.05) is 29.1 Å². The number of H-pyrrole nitrogens is 1. The maximum Gasteiger partial charge on any atom is 0.339 e. The highest BCUT2D eigenvalue weighted by atomic mass is 16.5. The highest BCUT2D eigenvalue weighted by molar-refractivity contribution is 6.03. The van der Waals surface area contributed by atoms with Crippen molar-refractivity contribution in [2.75, 3.05) is 6.61 Å². The number of nitrogens with one attached hydrogen (secondary N) is 1. The number of carbonyl (C=O) groups excluding carboxylic acids is 2. The van der Waals surface area contributed by atoms with Crippen molar-refractivity contribution in [2.45, 2.75) is 45.2 Å². The zero-order valence-electron chi connectivity index (χ0n) is 14.5. The molecule has 0 aliphatic carbocycles. The fraction of sp³-hybridized carbons (Fsp3) is 0.421. The van der Waals surface area contributed by atoms with Gasteiger partial charge >= 0.3 is 5.97 Å². The number of aromatic nitrogens is 1. The van der Waals surface area contributed by atoms with Crippen LogP contribution in [-0.2, 0) is 9.53 Å². The first-order chi connectivity index (χ1) is 12.0. The van der Waals surface area contributed by atoms with Gasteiger partial charge in [-0.15, -0.1) is 0 Å². The topological polar surface area (TPSA) is 79.5 Å². The van der Waals surface area contributed by atoms with Crippen LogP contribution in [0.25, 0.3) is 10.9 Å². The number of likely N-dealkylation sites (tertiary alicyclic amines) is 1. The number of piperidine rings is 1. The molecular weight excluding hydrogens is 320 g/mol. The summed E-state index contributed by atoms with van der Waals surface area (Å²) in [4.78, 5) is 41.1. The van der Waals surface area contributed by atoms with Gasteiger partial charge in [0.1, 0.15) is 0 Å². The average molecular weight is 342 g/mol. The Labute approximate surface area is 145 Å². The normalized spacial score (nSPS) is 20.5. The fourth-order valence-corrected chi connectivity index (χ4v) is 3.57. The summed E-state index contributed by atoms with van der Waals surface area (Å²) in [6.07, 6.45) is 3.02. The minimum atomic E-state index is -0.659. The predicted octanol–water partition coefficient (Wildman–Crippen LogP) is 2.47. The van der Waals surface area contributed by atoms with Gasteiger partial charge in [0.2, 0.25) is 5.56 Å². The largest absolute Gasteiger partial charge is 0.452 e. The van der Waals surface area contributed by atoms with E-state index in [-0.39, 0.29) is 35.7 Å². The summed E-state index contributed by atoms with van der Waals surface area (Å²) < 4.78 is 5.22. The number of fused-ring (bicyclic) bond motifs is 1. The van der Waals surface area contributed by atoms with Gasteiger partial charge in [0.15, 0.2) is 6.61 Å². The van der Waals surface area contributed by atoms with Gasteiger partial charge in [0.05, 0.1) is 5.56 Å². The molecule has 0 saturated carbocycles. The van der Waals surface area contributed by atoms with Crippen LogP contribution in [0, 0.1) is 0 Å². The molecule has 1 fully saturated rings. The maximum atomic E-state index is 12.5. The summed E-state index contributed by atoms with van der Waals surface area (Å²) >= 11 is 0. The second-order valence-corrected chi connectivity index (χ2v) is 6.60. The molecule has 2 aromatic rings. The van der Waals surface area contributed by atoms with Gasteiger partial charge < -0.3 is 14.6 Å². The Morgan fingerprint density at radius 3 is 2.60 bits per heavy atom. The van der Waals surface area contributed by atoms with Gasteiger partial charge in [-0.05, 0) is 39.2 Å². The standard InChI is InChI=1S/C19H22N2O4/c1-12-6-5-7-13(2)21(12)18(23)11-25-19(24)15-10-17(22)20-16-9-4-3-8-14(15)16/h3-4,8-10,12-13H,5-7,11H2,1-2H3,(H,20,22)/t12-,13+. The Morgan fingerprint density at radius 2 is 1.88 bits per heavy atom. The number of carbonyl (C=O) groups is 2. The van der Waals surface area contributed by atoms with Crippen molar-refractivity contribution in [2.24, 2.45) is 0 Å². The minimum Gasteiger partial charge on any atom is -0.452 e. The van der Waals surface area contributed by atoms with E-state index in [0.717, 1.165) is 19.3 Å². The highest BCUT2D eigenvalue weighted by Gasteiger charge is 2.29. The molecule has 0 bridgehead atoms. The lowest BCUT2D eigenvalue weighted by Crippen LogP contribution is -2.49. The number of benzene rings is 1. The number of hydrogen-bond acceptors (Lipinski definition) is 4. The molecule has 2 heterocycles. The number of aromatic amines is 1. The van der Waals surface area contributed by atoms with Gasteiger partial charge in [-0.1, -0.05) is 18.2 Å². The lowest BCUT2D eigenvalue weighted by atomic mass is 9.97. The SMILES string of the molecule is C[C@@H]1CCC[C@H](C)N1C(=O)COC(=O)c1cc(=O)[nH]c2ccccc12. The van der Waals surface area contributed by atoms with Crippen LogP contribution in [0.3, 0.4) is 0 Å². The number of amides is 1. The third-order valence-corrected chi connectivity index (χ3v) is 4.78. The Morgan fingerprint density at radius 1 is 1.20 bits per heavy atom. The third-order valence-electron chi connectivity index (χ3n) is 4.78. The quantitative estimate of drug-likeness (QED) is 0.869. The molecule has 3 rings (SSSR count). The van der Waals surface area contributed by atoms with Crippen molar-refractivity contribution < 1.29 is 14.3 Å². The van der Waals surface area contributed by atoms with Crippen LogP contribution >= 0.6 is 0 Å². The molecule has 1 N–H and O–H groups in total. The van der Waals surface area contributed by atoms with Crippen LogP contribution in [-0.4, -0.2) is 40.5 Å². The van der Waals surface area contributed by atoms with Crippen molar-refractivity contribution in [3.63, 3.8) is 0 Å². The zero-order valence-corrected chi connectivity index (χ0v) is 14.5. The van der Waals surface area contributed by atoms with Crippen LogP contribution in [0.2, 0.25) is 0 Å². The number of hydrogen-bond donors (Lipinski definition) is 1. The Kier molecular flexibility index (Phi) is 4.88. The molecular formula is C19H22N2O4. The molecule has 1 amide bonds. The van der Waals surface area contributed by atoms with E-state index in [1.807, 2.05) is 13.8 Å². The van der Waals surface area contributed by atoms with E-state index in [0.29, 0.717) is 10.9 Å². The van der Waals surface area contributed by atoms with E-state index in [2.05, 4.69) is 4.98 Å². The number of nitrogens with zero attached hydrogens (tertiary/aromatic N) is 1. The molecule has 1 aliphatic heterocycles. The summed E-state index contributed by atoms with van der Waals surface area (Å²) in [5, 5.41) is 0.597. The van der Waals surface area contributed by atoms with E-state index in [9.17, 15) is 14.4 Å². The molecule has 1 aromatic heterocycles. The van der Waals surface area contributed by atoms with Gasteiger partial charge in [-0.3, -0.25) is 9.59 Å². The maximum absolute atomic E-state index is 12.5. The Hall–Kier alpha value is -2.63. The summed E-state index contributed by atoms with van der Waals surface area (Å²) in [6, 6.07) is 8.51. The second-order valence-electron chi connectivity index (χ2n) is 6.60. The number of esters is 1. The molecule has 0 unspecified atom stereocenters. The molecule has 1 aromatic carbocycles. The van der Waals surface area contributed by atoms with Crippen LogP contribution in [0.4, 0.5) is 0 Å². The van der Waals surface area contributed by atoms with Crippen molar-refractivity contribution in [3.8, 4) is 0 Å². The van der Waals surface area contributed by atoms with Crippen molar-refractivity contribution in [1.82, 2.24) is 9.88 Å². The Balaban J connectivity index is 1.75. The fourth-order valence-electron chi connectivity index (χ4n) is 3.57. The molecule has 132 valence electrons. The van der Waals surface area contributed by atoms with E-state index in [1.54, 1.807) is 29.2 Å². The van der Waals surface area contributed by atoms with Crippen LogP contribution in [0.1, 0.15) is 43.5 Å². The van der Waals surface area contributed by atoms with E-state index >= 15 is 0 Å². The van der Waals surface area contributed by atoms with Gasteiger partial charge in [-0.2, -0.15) is 0 Å². The number of para-hydroxylation sites is 1. The third kappa shape index (κ3) is 3.57. The van der Waals surface area contributed by atoms with Crippen LogP contribution in [0.15, 0.2) is 35.1 Å². The lowest BCUT2D eigenvalue weighted by Gasteiger charge is -2.38. The molecule has 6 nitrogen and oxygen atoms in total. The van der Waals surface area contributed by atoms with E-state index in [4.69, 9.17) is 4.74 Å². The summed E-state index contributed by atoms with van der Waals surface area (Å²) in [5.41, 5.74) is 0.355. The smallest absolute Gasteiger partial charge is 0.339 e. The monoisotopic (exact) mass is 342 g/mol. The number of rotatable bonds is 3. The van der Waals surface area contributed by atoms with E-state index < -0.39 is 5.97 Å². The number of ether oxygens (including phenoxy) is 1. The van der Waals surface area contributed by atoms with Gasteiger partial charge in [-0.25, -0.2) is 4.79 Å². The first kappa shape index (κ1) is 17.2. The summed E-state index contributed by atoms with van der Waals surface area (Å²) in [7, 11) is 0. The van der Waals surface area contributed by atoms with Crippen molar-refractivity contribution in [1.29, 1.82) is 0 Å². The first-order valence-electron chi connectivity index (χ1n) is 8.57. The molecule has 0 radical (unpaired) electrons. The molecule has 0 spiro atoms. The van der Waals surface area contributed by atoms with Crippen molar-refractivity contribution >= 4 is 22.8 Å². The summed E-state index contributed by atoms with van der Waals surface area (Å²) in [6.45, 7) is 3.72. The van der Waals surface area contributed by atoms with Gasteiger partial charge in [0.25, 0.3) is 5.91 Å². The summed E-state index contributed by atoms with van der Waals surface area (Å²) in [5.74, 6) is -0.852. The first-order valence-corrected chi connectivity index (χ1v) is 8.57. The number of pyridine rings is 1.